The number of hydrogen-bond donors (Lipinski definition) is 0. The SMILES string of the molecule is CC[Si](CC)(CC)CCc1c2cc3c(CC[Si](CC)(CC)CC)c4ccsc4c(CC[Si](CC)(CC)CC)c3cc2c(CC[Si](CC)(CC)CC)c2sccc12. The summed E-state index contributed by atoms with van der Waals surface area (Å²) in [4.78, 5) is 0. The minimum atomic E-state index is -1.29. The molecule has 0 nitrogen and oxygen atoms in total. The summed E-state index contributed by atoms with van der Waals surface area (Å²) < 4.78 is 3.26. The molecular weight excluding hydrogens is 777 g/mol. The van der Waals surface area contributed by atoms with Gasteiger partial charge in [0.25, 0.3) is 0 Å². The van der Waals surface area contributed by atoms with Crippen molar-refractivity contribution in [3.8, 4) is 0 Å². The van der Waals surface area contributed by atoms with E-state index in [0.29, 0.717) is 0 Å². The van der Waals surface area contributed by atoms with E-state index in [1.807, 2.05) is 0 Å². The molecule has 0 aliphatic carbocycles. The lowest BCUT2D eigenvalue weighted by atomic mass is 9.87. The Bertz CT molecular complexity index is 1700. The molecule has 0 spiro atoms. The van der Waals surface area contributed by atoms with Gasteiger partial charge in [-0.2, -0.15) is 0 Å². The van der Waals surface area contributed by atoms with E-state index in [1.165, 1.54) is 122 Å². The highest BCUT2D eigenvalue weighted by molar-refractivity contribution is 7.18. The van der Waals surface area contributed by atoms with Crippen LogP contribution < -0.4 is 0 Å². The van der Waals surface area contributed by atoms with Crippen LogP contribution >= 0.6 is 22.7 Å². The zero-order valence-electron chi connectivity index (χ0n) is 38.4. The normalized spacial score (nSPS) is 13.4. The van der Waals surface area contributed by atoms with Crippen LogP contribution in [0.25, 0.3) is 41.7 Å². The first-order chi connectivity index (χ1) is 27.0. The minimum absolute atomic E-state index is 1.26. The van der Waals surface area contributed by atoms with Crippen LogP contribution in [0.2, 0.25) is 96.7 Å². The number of aryl methyl sites for hydroxylation is 4. The fourth-order valence-electron chi connectivity index (χ4n) is 11.4. The van der Waals surface area contributed by atoms with Gasteiger partial charge in [0.15, 0.2) is 0 Å². The Morgan fingerprint density at radius 2 is 0.554 bits per heavy atom. The maximum atomic E-state index is 2.84. The molecule has 3 aromatic carbocycles. The second-order valence-electron chi connectivity index (χ2n) is 18.4. The highest BCUT2D eigenvalue weighted by Gasteiger charge is 2.32. The number of thiophene rings is 2. The maximum absolute atomic E-state index is 2.84. The molecule has 0 saturated heterocycles. The molecule has 0 saturated carbocycles. The molecule has 2 heterocycles. The van der Waals surface area contributed by atoms with Gasteiger partial charge in [0.05, 0.1) is 32.3 Å². The monoisotopic (exact) mass is 858 g/mol. The third-order valence-corrected chi connectivity index (χ3v) is 42.8. The Hall–Kier alpha value is -1.03. The summed E-state index contributed by atoms with van der Waals surface area (Å²) in [6.45, 7) is 30.2. The summed E-state index contributed by atoms with van der Waals surface area (Å²) in [6.07, 6.45) is 5.04. The molecule has 310 valence electrons. The summed E-state index contributed by atoms with van der Waals surface area (Å²) in [5.41, 5.74) is 6.82. The van der Waals surface area contributed by atoms with Gasteiger partial charge in [0.1, 0.15) is 0 Å². The fraction of sp³-hybridized carbons (Fsp3) is 0.640. The summed E-state index contributed by atoms with van der Waals surface area (Å²) in [5, 5.41) is 14.7. The topological polar surface area (TPSA) is 0 Å². The highest BCUT2D eigenvalue weighted by atomic mass is 32.1. The van der Waals surface area contributed by atoms with Crippen LogP contribution in [0.3, 0.4) is 0 Å². The van der Waals surface area contributed by atoms with Crippen LogP contribution in [0.5, 0.6) is 0 Å². The third-order valence-electron chi connectivity index (χ3n) is 17.6. The maximum Gasteiger partial charge on any atom is 0.0530 e. The number of hydrogen-bond acceptors (Lipinski definition) is 2. The first-order valence-corrected chi connectivity index (χ1v) is 36.9. The van der Waals surface area contributed by atoms with Gasteiger partial charge in [-0.15, -0.1) is 22.7 Å². The van der Waals surface area contributed by atoms with Gasteiger partial charge in [0, 0.05) is 9.40 Å². The number of benzene rings is 3. The van der Waals surface area contributed by atoms with E-state index in [0.717, 1.165) is 0 Å². The van der Waals surface area contributed by atoms with Crippen LogP contribution in [-0.2, 0) is 25.7 Å². The molecule has 5 rings (SSSR count). The zero-order valence-corrected chi connectivity index (χ0v) is 44.1. The van der Waals surface area contributed by atoms with Crippen molar-refractivity contribution in [3.05, 3.63) is 57.3 Å². The van der Waals surface area contributed by atoms with Crippen LogP contribution in [-0.4, -0.2) is 32.3 Å². The quantitative estimate of drug-likeness (QED) is 0.0428. The molecule has 5 aromatic rings. The summed E-state index contributed by atoms with van der Waals surface area (Å²) in [5.74, 6) is 0. The molecular formula is C50H82S2Si4. The lowest BCUT2D eigenvalue weighted by Crippen LogP contribution is -2.32. The Labute approximate surface area is 357 Å². The zero-order chi connectivity index (χ0) is 40.7. The molecule has 56 heavy (non-hydrogen) atoms. The van der Waals surface area contributed by atoms with E-state index >= 15 is 0 Å². The standard InChI is InChI=1S/C50H82S2Si4/c1-13-53(14-2,15-3)33-27-39-41-25-31-51-49(41)43(29-35-55(19-7,20-8)21-9)47-38-48-44(30-36-56(22-10,23-11)24-12)50-42(26-32-52-50)40(46(48)37-45(39)47)28-34-54(16-4,17-5)18-6/h25-26,31-32,37-38H,13-24,27-30,33-36H2,1-12H3. The van der Waals surface area contributed by atoms with Crippen LogP contribution in [0, 0.1) is 0 Å². The van der Waals surface area contributed by atoms with Gasteiger partial charge >= 0.3 is 0 Å². The van der Waals surface area contributed by atoms with E-state index in [4.69, 9.17) is 0 Å². The van der Waals surface area contributed by atoms with Crippen molar-refractivity contribution in [3.63, 3.8) is 0 Å². The lowest BCUT2D eigenvalue weighted by Gasteiger charge is -2.30. The first kappa shape index (κ1) is 46.0. The summed E-state index contributed by atoms with van der Waals surface area (Å²) in [7, 11) is -5.16. The molecule has 0 bridgehead atoms. The lowest BCUT2D eigenvalue weighted by molar-refractivity contribution is 1.03. The number of rotatable bonds is 24. The van der Waals surface area contributed by atoms with Crippen molar-refractivity contribution in [1.82, 2.24) is 0 Å². The largest absolute Gasteiger partial charge is 0.143 e. The Balaban J connectivity index is 1.89. The predicted octanol–water partition coefficient (Wildman–Crippen LogP) is 18.6. The molecule has 2 aromatic heterocycles. The van der Waals surface area contributed by atoms with Gasteiger partial charge in [-0.1, -0.05) is 180 Å². The Kier molecular flexibility index (Phi) is 16.5. The number of fused-ring (bicyclic) bond motifs is 4. The van der Waals surface area contributed by atoms with Gasteiger partial charge in [-0.3, -0.25) is 0 Å². The average Bonchev–Trinajstić information content (AvgIpc) is 3.94. The molecule has 0 aliphatic heterocycles. The minimum Gasteiger partial charge on any atom is -0.143 e. The average molecular weight is 860 g/mol. The first-order valence-electron chi connectivity index (χ1n) is 23.8. The summed E-state index contributed by atoms with van der Waals surface area (Å²) in [6, 6.07) is 33.5. The fourth-order valence-corrected chi connectivity index (χ4v) is 26.8. The van der Waals surface area contributed by atoms with Crippen LogP contribution in [0.15, 0.2) is 35.0 Å². The van der Waals surface area contributed by atoms with Crippen molar-refractivity contribution < 1.29 is 0 Å². The van der Waals surface area contributed by atoms with Gasteiger partial charge in [0.2, 0.25) is 0 Å². The van der Waals surface area contributed by atoms with Gasteiger partial charge in [-0.05, 0) is 115 Å². The second kappa shape index (κ2) is 20.0. The van der Waals surface area contributed by atoms with E-state index in [2.05, 4.69) is 141 Å². The van der Waals surface area contributed by atoms with Crippen molar-refractivity contribution in [2.45, 2.75) is 205 Å². The predicted molar refractivity (Wildman–Crippen MR) is 275 cm³/mol. The van der Waals surface area contributed by atoms with Gasteiger partial charge in [-0.25, -0.2) is 0 Å². The molecule has 0 fully saturated rings. The van der Waals surface area contributed by atoms with E-state index in [1.54, 1.807) is 64.0 Å². The van der Waals surface area contributed by atoms with E-state index in [9.17, 15) is 0 Å². The highest BCUT2D eigenvalue weighted by Crippen LogP contribution is 2.46. The summed E-state index contributed by atoms with van der Waals surface area (Å²) >= 11 is 4.13. The smallest absolute Gasteiger partial charge is 0.0530 e. The van der Waals surface area contributed by atoms with Gasteiger partial charge < -0.3 is 0 Å². The van der Waals surface area contributed by atoms with Crippen molar-refractivity contribution >= 4 is 96.7 Å². The molecule has 0 N–H and O–H groups in total. The molecule has 0 unspecified atom stereocenters. The van der Waals surface area contributed by atoms with Crippen LogP contribution in [0.4, 0.5) is 0 Å². The molecule has 0 atom stereocenters. The van der Waals surface area contributed by atoms with Crippen LogP contribution in [0.1, 0.15) is 105 Å². The third kappa shape index (κ3) is 8.87. The Morgan fingerprint density at radius 1 is 0.321 bits per heavy atom. The second-order valence-corrected chi connectivity index (χ2v) is 42.7. The molecule has 0 aliphatic rings. The molecule has 0 radical (unpaired) electrons. The van der Waals surface area contributed by atoms with Crippen molar-refractivity contribution in [2.24, 2.45) is 0 Å². The van der Waals surface area contributed by atoms with Crippen molar-refractivity contribution in [2.75, 3.05) is 0 Å². The van der Waals surface area contributed by atoms with E-state index < -0.39 is 32.3 Å². The van der Waals surface area contributed by atoms with Crippen molar-refractivity contribution in [1.29, 1.82) is 0 Å². The molecule has 0 amide bonds. The Morgan fingerprint density at radius 3 is 0.804 bits per heavy atom. The van der Waals surface area contributed by atoms with E-state index in [-0.39, 0.29) is 0 Å². The molecule has 6 heteroatoms.